The minimum absolute atomic E-state index is 0.132. The Balaban J connectivity index is 1.90. The van der Waals surface area contributed by atoms with E-state index in [9.17, 15) is 14.7 Å². The molecule has 0 spiro atoms. The number of anilines is 1. The van der Waals surface area contributed by atoms with Crippen molar-refractivity contribution in [2.75, 3.05) is 5.32 Å². The van der Waals surface area contributed by atoms with E-state index in [0.717, 1.165) is 11.1 Å². The van der Waals surface area contributed by atoms with Gasteiger partial charge in [-0.1, -0.05) is 36.4 Å². The third-order valence-corrected chi connectivity index (χ3v) is 3.43. The van der Waals surface area contributed by atoms with Gasteiger partial charge in [0.05, 0.1) is 19.1 Å². The molecule has 0 aliphatic carbocycles. The Morgan fingerprint density at radius 1 is 1.00 bits per heavy atom. The summed E-state index contributed by atoms with van der Waals surface area (Å²) in [5.41, 5.74) is 2.77. The summed E-state index contributed by atoms with van der Waals surface area (Å²) in [7, 11) is 0. The maximum Gasteiger partial charge on any atom is 0.313 e. The highest BCUT2D eigenvalue weighted by molar-refractivity contribution is 6.39. The molecule has 2 amide bonds. The average molecular weight is 323 g/mol. The molecule has 2 rings (SSSR count). The fraction of sp³-hybridized carbons (Fsp3) is 0.167. The standard InChI is InChI=1S/C18H17N3O3/c19-10-9-13-5-7-16(8-6-13)21-18(24)17(23)20-11-14-3-1-2-4-15(14)12-22/h1-8,22H,9,11-12H2,(H,20,23)(H,21,24). The van der Waals surface area contributed by atoms with E-state index < -0.39 is 11.8 Å². The molecule has 0 aromatic heterocycles. The molecule has 0 heterocycles. The Morgan fingerprint density at radius 2 is 1.67 bits per heavy atom. The summed E-state index contributed by atoms with van der Waals surface area (Å²) < 4.78 is 0. The van der Waals surface area contributed by atoms with Crippen LogP contribution in [-0.4, -0.2) is 16.9 Å². The molecule has 122 valence electrons. The third-order valence-electron chi connectivity index (χ3n) is 3.43. The summed E-state index contributed by atoms with van der Waals surface area (Å²) in [5, 5.41) is 22.9. The fourth-order valence-electron chi connectivity index (χ4n) is 2.13. The molecule has 0 saturated heterocycles. The first-order chi connectivity index (χ1) is 11.6. The molecular formula is C18H17N3O3. The van der Waals surface area contributed by atoms with Gasteiger partial charge in [0, 0.05) is 12.2 Å². The number of aliphatic hydroxyl groups is 1. The second kappa shape index (κ2) is 8.46. The van der Waals surface area contributed by atoms with Gasteiger partial charge in [-0.15, -0.1) is 0 Å². The summed E-state index contributed by atoms with van der Waals surface area (Å²) in [6.45, 7) is 0.0252. The van der Waals surface area contributed by atoms with E-state index in [1.807, 2.05) is 6.07 Å². The second-order valence-electron chi connectivity index (χ2n) is 5.10. The molecule has 0 bridgehead atoms. The van der Waals surface area contributed by atoms with Crippen LogP contribution in [0.15, 0.2) is 48.5 Å². The predicted octanol–water partition coefficient (Wildman–Crippen LogP) is 1.50. The van der Waals surface area contributed by atoms with E-state index in [4.69, 9.17) is 5.26 Å². The maximum absolute atomic E-state index is 11.9. The Kier molecular flexibility index (Phi) is 6.06. The first-order valence-corrected chi connectivity index (χ1v) is 7.36. The van der Waals surface area contributed by atoms with Crippen molar-refractivity contribution < 1.29 is 14.7 Å². The zero-order chi connectivity index (χ0) is 17.4. The highest BCUT2D eigenvalue weighted by Crippen LogP contribution is 2.10. The highest BCUT2D eigenvalue weighted by atomic mass is 16.3. The van der Waals surface area contributed by atoms with E-state index >= 15 is 0 Å². The zero-order valence-corrected chi connectivity index (χ0v) is 13.0. The predicted molar refractivity (Wildman–Crippen MR) is 88.6 cm³/mol. The zero-order valence-electron chi connectivity index (χ0n) is 13.0. The lowest BCUT2D eigenvalue weighted by Gasteiger charge is -2.09. The van der Waals surface area contributed by atoms with Crippen molar-refractivity contribution in [2.24, 2.45) is 0 Å². The van der Waals surface area contributed by atoms with Gasteiger partial charge >= 0.3 is 11.8 Å². The maximum atomic E-state index is 11.9. The number of nitriles is 1. The number of nitrogens with one attached hydrogen (secondary N) is 2. The second-order valence-corrected chi connectivity index (χ2v) is 5.10. The smallest absolute Gasteiger partial charge is 0.313 e. The van der Waals surface area contributed by atoms with Gasteiger partial charge in [-0.25, -0.2) is 0 Å². The molecule has 0 aliphatic heterocycles. The number of carbonyl (C=O) groups excluding carboxylic acids is 2. The monoisotopic (exact) mass is 323 g/mol. The normalized spacial score (nSPS) is 9.83. The van der Waals surface area contributed by atoms with Crippen LogP contribution in [0.2, 0.25) is 0 Å². The van der Waals surface area contributed by atoms with Crippen LogP contribution < -0.4 is 10.6 Å². The van der Waals surface area contributed by atoms with Gasteiger partial charge in [0.15, 0.2) is 0 Å². The Morgan fingerprint density at radius 3 is 2.29 bits per heavy atom. The van der Waals surface area contributed by atoms with E-state index in [2.05, 4.69) is 10.6 Å². The van der Waals surface area contributed by atoms with Gasteiger partial charge in [0.25, 0.3) is 0 Å². The molecule has 0 aliphatic rings. The Bertz CT molecular complexity index is 764. The number of hydrogen-bond acceptors (Lipinski definition) is 4. The van der Waals surface area contributed by atoms with Crippen LogP contribution in [0.3, 0.4) is 0 Å². The van der Waals surface area contributed by atoms with Crippen molar-refractivity contribution >= 4 is 17.5 Å². The highest BCUT2D eigenvalue weighted by Gasteiger charge is 2.14. The first-order valence-electron chi connectivity index (χ1n) is 7.36. The summed E-state index contributed by atoms with van der Waals surface area (Å²) in [6.07, 6.45) is 0.291. The van der Waals surface area contributed by atoms with Gasteiger partial charge in [-0.2, -0.15) is 5.26 Å². The van der Waals surface area contributed by atoms with Crippen LogP contribution in [0.4, 0.5) is 5.69 Å². The van der Waals surface area contributed by atoms with Gasteiger partial charge in [-0.05, 0) is 28.8 Å². The van der Waals surface area contributed by atoms with Gasteiger partial charge in [0.1, 0.15) is 0 Å². The van der Waals surface area contributed by atoms with Crippen molar-refractivity contribution in [3.8, 4) is 6.07 Å². The summed E-state index contributed by atoms with van der Waals surface area (Å²) in [4.78, 5) is 23.7. The molecule has 0 unspecified atom stereocenters. The average Bonchev–Trinajstić information content (AvgIpc) is 2.61. The lowest BCUT2D eigenvalue weighted by atomic mass is 10.1. The molecule has 6 nitrogen and oxygen atoms in total. The van der Waals surface area contributed by atoms with Gasteiger partial charge in [-0.3, -0.25) is 9.59 Å². The number of benzene rings is 2. The van der Waals surface area contributed by atoms with Crippen LogP contribution >= 0.6 is 0 Å². The summed E-state index contributed by atoms with van der Waals surface area (Å²) in [5.74, 6) is -1.53. The molecule has 0 radical (unpaired) electrons. The molecule has 0 atom stereocenters. The van der Waals surface area contributed by atoms with Crippen molar-refractivity contribution in [2.45, 2.75) is 19.6 Å². The molecule has 6 heteroatoms. The minimum Gasteiger partial charge on any atom is -0.392 e. The number of nitrogens with zero attached hydrogens (tertiary/aromatic N) is 1. The number of carbonyl (C=O) groups is 2. The van der Waals surface area contributed by atoms with E-state index in [1.165, 1.54) is 0 Å². The van der Waals surface area contributed by atoms with Crippen LogP contribution in [0.5, 0.6) is 0 Å². The SMILES string of the molecule is N#CCc1ccc(NC(=O)C(=O)NCc2ccccc2CO)cc1. The van der Waals surface area contributed by atoms with Crippen molar-refractivity contribution in [1.29, 1.82) is 5.26 Å². The first kappa shape index (κ1) is 17.2. The summed E-state index contributed by atoms with van der Waals surface area (Å²) >= 11 is 0. The third kappa shape index (κ3) is 4.66. The summed E-state index contributed by atoms with van der Waals surface area (Å²) in [6, 6.07) is 15.9. The van der Waals surface area contributed by atoms with Crippen LogP contribution in [0, 0.1) is 11.3 Å². The van der Waals surface area contributed by atoms with Gasteiger partial charge in [0.2, 0.25) is 0 Å². The van der Waals surface area contributed by atoms with Crippen LogP contribution in [-0.2, 0) is 29.2 Å². The van der Waals surface area contributed by atoms with Crippen LogP contribution in [0.25, 0.3) is 0 Å². The van der Waals surface area contributed by atoms with Gasteiger partial charge < -0.3 is 15.7 Å². The van der Waals surface area contributed by atoms with E-state index in [0.29, 0.717) is 17.7 Å². The lowest BCUT2D eigenvalue weighted by molar-refractivity contribution is -0.136. The molecule has 0 fully saturated rings. The topological polar surface area (TPSA) is 102 Å². The van der Waals surface area contributed by atoms with E-state index in [1.54, 1.807) is 48.5 Å². The minimum atomic E-state index is -0.774. The molecule has 3 N–H and O–H groups in total. The largest absolute Gasteiger partial charge is 0.392 e. The molecule has 24 heavy (non-hydrogen) atoms. The number of rotatable bonds is 5. The van der Waals surface area contributed by atoms with E-state index in [-0.39, 0.29) is 13.2 Å². The number of hydrogen-bond donors (Lipinski definition) is 3. The molecule has 0 saturated carbocycles. The van der Waals surface area contributed by atoms with Crippen molar-refractivity contribution in [1.82, 2.24) is 5.32 Å². The molecular weight excluding hydrogens is 306 g/mol. The Hall–Kier alpha value is -3.17. The molecule has 2 aromatic carbocycles. The lowest BCUT2D eigenvalue weighted by Crippen LogP contribution is -2.35. The number of aliphatic hydroxyl groups excluding tert-OH is 1. The Labute approximate surface area is 139 Å². The van der Waals surface area contributed by atoms with Crippen molar-refractivity contribution in [3.63, 3.8) is 0 Å². The fourth-order valence-corrected chi connectivity index (χ4v) is 2.13. The van der Waals surface area contributed by atoms with Crippen LogP contribution in [0.1, 0.15) is 16.7 Å². The number of amides is 2. The van der Waals surface area contributed by atoms with Crippen molar-refractivity contribution in [3.05, 3.63) is 65.2 Å². The molecule has 2 aromatic rings. The quantitative estimate of drug-likeness (QED) is 0.726.